The van der Waals surface area contributed by atoms with Gasteiger partial charge in [0.2, 0.25) is 10.0 Å². The molecule has 0 aliphatic heterocycles. The van der Waals surface area contributed by atoms with Crippen LogP contribution in [0.5, 0.6) is 0 Å². The molecule has 1 aromatic carbocycles. The second-order valence-electron chi connectivity index (χ2n) is 4.62. The van der Waals surface area contributed by atoms with Crippen LogP contribution >= 0.6 is 0 Å². The molecule has 4 nitrogen and oxygen atoms in total. The van der Waals surface area contributed by atoms with Gasteiger partial charge in [0.15, 0.2) is 0 Å². The predicted octanol–water partition coefficient (Wildman–Crippen LogP) is 2.82. The van der Waals surface area contributed by atoms with Gasteiger partial charge in [-0.2, -0.15) is 18.4 Å². The summed E-state index contributed by atoms with van der Waals surface area (Å²) in [5, 5.41) is 8.62. The Hall–Kier alpha value is -1.59. The molecule has 21 heavy (non-hydrogen) atoms. The largest absolute Gasteiger partial charge is 0.391 e. The van der Waals surface area contributed by atoms with E-state index in [9.17, 15) is 21.6 Å². The lowest BCUT2D eigenvalue weighted by atomic mass is 10.1. The molecular formula is C13H15F3N2O2S. The van der Waals surface area contributed by atoms with E-state index < -0.39 is 22.1 Å². The molecule has 0 saturated heterocycles. The van der Waals surface area contributed by atoms with Crippen LogP contribution in [0.1, 0.15) is 25.3 Å². The van der Waals surface area contributed by atoms with Gasteiger partial charge in [0.1, 0.15) is 0 Å². The highest BCUT2D eigenvalue weighted by Crippen LogP contribution is 2.28. The van der Waals surface area contributed by atoms with E-state index in [0.29, 0.717) is 5.56 Å². The number of halogens is 3. The smallest absolute Gasteiger partial charge is 0.211 e. The lowest BCUT2D eigenvalue weighted by molar-refractivity contribution is -0.171. The summed E-state index contributed by atoms with van der Waals surface area (Å²) in [6.07, 6.45) is -4.30. The summed E-state index contributed by atoms with van der Waals surface area (Å²) in [6, 6.07) is 7.14. The summed E-state index contributed by atoms with van der Waals surface area (Å²) in [5.41, 5.74) is 0.327. The maximum atomic E-state index is 12.3. The van der Waals surface area contributed by atoms with E-state index in [2.05, 4.69) is 4.72 Å². The Morgan fingerprint density at radius 2 is 1.86 bits per heavy atom. The van der Waals surface area contributed by atoms with Crippen LogP contribution in [-0.4, -0.2) is 21.1 Å². The van der Waals surface area contributed by atoms with Crippen LogP contribution in [0.3, 0.4) is 0 Å². The van der Waals surface area contributed by atoms with Crippen molar-refractivity contribution in [2.75, 3.05) is 6.54 Å². The lowest BCUT2D eigenvalue weighted by Gasteiger charge is -2.15. The van der Waals surface area contributed by atoms with Gasteiger partial charge in [-0.05, 0) is 37.1 Å². The molecule has 0 heterocycles. The molecule has 8 heteroatoms. The number of hydrogen-bond donors (Lipinski definition) is 1. The first-order chi connectivity index (χ1) is 9.66. The van der Waals surface area contributed by atoms with E-state index in [4.69, 9.17) is 5.26 Å². The van der Waals surface area contributed by atoms with Crippen molar-refractivity contribution in [3.8, 4) is 6.07 Å². The molecular weight excluding hydrogens is 305 g/mol. The Kier molecular flexibility index (Phi) is 5.75. The molecule has 1 N–H and O–H groups in total. The Labute approximate surface area is 121 Å². The van der Waals surface area contributed by atoms with E-state index in [1.807, 2.05) is 6.07 Å². The first-order valence-corrected chi connectivity index (χ1v) is 7.71. The van der Waals surface area contributed by atoms with Crippen molar-refractivity contribution in [2.24, 2.45) is 5.92 Å². The molecule has 1 unspecified atom stereocenters. The number of nitrogens with one attached hydrogen (secondary N) is 1. The standard InChI is InChI=1S/C13H15F3N2O2S/c1-10(13(14,15)16)3-2-8-18-21(19,20)12-6-4-11(9-17)5-7-12/h4-7,10,18H,2-3,8H2,1H3. The summed E-state index contributed by atoms with van der Waals surface area (Å²) in [7, 11) is -3.76. The quantitative estimate of drug-likeness (QED) is 0.819. The number of rotatable bonds is 6. The molecule has 1 atom stereocenters. The molecule has 1 rings (SSSR count). The van der Waals surface area contributed by atoms with Gasteiger partial charge in [-0.15, -0.1) is 0 Å². The molecule has 0 aliphatic rings. The zero-order chi connectivity index (χ0) is 16.1. The third kappa shape index (κ3) is 5.36. The third-order valence-corrected chi connectivity index (χ3v) is 4.44. The van der Waals surface area contributed by atoms with E-state index in [0.717, 1.165) is 6.92 Å². The molecule has 0 bridgehead atoms. The van der Waals surface area contributed by atoms with Gasteiger partial charge >= 0.3 is 6.18 Å². The monoisotopic (exact) mass is 320 g/mol. The van der Waals surface area contributed by atoms with E-state index >= 15 is 0 Å². The van der Waals surface area contributed by atoms with Crippen molar-refractivity contribution in [3.05, 3.63) is 29.8 Å². The number of nitrogens with zero attached hydrogens (tertiary/aromatic N) is 1. The summed E-state index contributed by atoms with van der Waals surface area (Å²) < 4.78 is 62.8. The van der Waals surface area contributed by atoms with E-state index in [1.165, 1.54) is 24.3 Å². The average molecular weight is 320 g/mol. The Bertz CT molecular complexity index is 604. The van der Waals surface area contributed by atoms with Crippen LogP contribution in [0, 0.1) is 17.2 Å². The number of benzene rings is 1. The van der Waals surface area contributed by atoms with Gasteiger partial charge < -0.3 is 0 Å². The maximum Gasteiger partial charge on any atom is 0.391 e. The highest BCUT2D eigenvalue weighted by atomic mass is 32.2. The molecule has 116 valence electrons. The minimum Gasteiger partial charge on any atom is -0.211 e. The third-order valence-electron chi connectivity index (χ3n) is 2.96. The molecule has 1 aromatic rings. The minimum atomic E-state index is -4.26. The number of hydrogen-bond acceptors (Lipinski definition) is 3. The van der Waals surface area contributed by atoms with Gasteiger partial charge in [0.05, 0.1) is 22.4 Å². The van der Waals surface area contributed by atoms with Crippen molar-refractivity contribution >= 4 is 10.0 Å². The van der Waals surface area contributed by atoms with Crippen molar-refractivity contribution in [3.63, 3.8) is 0 Å². The molecule has 0 radical (unpaired) electrons. The summed E-state index contributed by atoms with van der Waals surface area (Å²) >= 11 is 0. The van der Waals surface area contributed by atoms with Gasteiger partial charge in [0, 0.05) is 6.54 Å². The second kappa shape index (κ2) is 6.91. The first kappa shape index (κ1) is 17.5. The maximum absolute atomic E-state index is 12.3. The van der Waals surface area contributed by atoms with Crippen molar-refractivity contribution < 1.29 is 21.6 Å². The molecule has 0 saturated carbocycles. The number of alkyl halides is 3. The SMILES string of the molecule is CC(CCCNS(=O)(=O)c1ccc(C#N)cc1)C(F)(F)F. The minimum absolute atomic E-state index is 0.0228. The zero-order valence-corrected chi connectivity index (χ0v) is 12.1. The van der Waals surface area contributed by atoms with E-state index in [-0.39, 0.29) is 24.3 Å². The molecule has 0 amide bonds. The first-order valence-electron chi connectivity index (χ1n) is 6.23. The fourth-order valence-electron chi connectivity index (χ4n) is 1.57. The summed E-state index contributed by atoms with van der Waals surface area (Å²) in [5.74, 6) is -1.46. The van der Waals surface area contributed by atoms with Crippen LogP contribution < -0.4 is 4.72 Å². The molecule has 0 spiro atoms. The Morgan fingerprint density at radius 3 is 2.33 bits per heavy atom. The fourth-order valence-corrected chi connectivity index (χ4v) is 2.64. The topological polar surface area (TPSA) is 70.0 Å². The highest BCUT2D eigenvalue weighted by molar-refractivity contribution is 7.89. The number of nitriles is 1. The van der Waals surface area contributed by atoms with Crippen LogP contribution in [0.15, 0.2) is 29.2 Å². The average Bonchev–Trinajstić information content (AvgIpc) is 2.42. The number of sulfonamides is 1. The van der Waals surface area contributed by atoms with E-state index in [1.54, 1.807) is 0 Å². The van der Waals surface area contributed by atoms with Gasteiger partial charge in [-0.1, -0.05) is 6.92 Å². The van der Waals surface area contributed by atoms with Gasteiger partial charge in [-0.25, -0.2) is 13.1 Å². The van der Waals surface area contributed by atoms with Crippen molar-refractivity contribution in [2.45, 2.75) is 30.8 Å². The molecule has 0 fully saturated rings. The van der Waals surface area contributed by atoms with Crippen molar-refractivity contribution in [1.29, 1.82) is 5.26 Å². The molecule has 0 aromatic heterocycles. The lowest BCUT2D eigenvalue weighted by Crippen LogP contribution is -2.26. The highest BCUT2D eigenvalue weighted by Gasteiger charge is 2.35. The fraction of sp³-hybridized carbons (Fsp3) is 0.462. The Balaban J connectivity index is 2.52. The second-order valence-corrected chi connectivity index (χ2v) is 6.39. The Morgan fingerprint density at radius 1 is 1.29 bits per heavy atom. The van der Waals surface area contributed by atoms with Crippen molar-refractivity contribution in [1.82, 2.24) is 4.72 Å². The normalized spacial score (nSPS) is 13.7. The predicted molar refractivity (Wildman–Crippen MR) is 70.8 cm³/mol. The van der Waals surface area contributed by atoms with Gasteiger partial charge in [0.25, 0.3) is 0 Å². The summed E-state index contributed by atoms with van der Waals surface area (Å²) in [6.45, 7) is 0.998. The van der Waals surface area contributed by atoms with Crippen LogP contribution in [0.4, 0.5) is 13.2 Å². The zero-order valence-electron chi connectivity index (χ0n) is 11.3. The van der Waals surface area contributed by atoms with Gasteiger partial charge in [-0.3, -0.25) is 0 Å². The summed E-state index contributed by atoms with van der Waals surface area (Å²) in [4.78, 5) is -0.0228. The van der Waals surface area contributed by atoms with Crippen LogP contribution in [0.2, 0.25) is 0 Å². The van der Waals surface area contributed by atoms with Crippen LogP contribution in [-0.2, 0) is 10.0 Å². The van der Waals surface area contributed by atoms with Crippen LogP contribution in [0.25, 0.3) is 0 Å². The molecule has 0 aliphatic carbocycles.